The van der Waals surface area contributed by atoms with Gasteiger partial charge in [0.1, 0.15) is 11.2 Å². The average Bonchev–Trinajstić information content (AvgIpc) is 3.07. The summed E-state index contributed by atoms with van der Waals surface area (Å²) in [7, 11) is -3.73. The minimum absolute atomic E-state index is 0.0632. The zero-order valence-electron chi connectivity index (χ0n) is 11.0. The second-order valence-electron chi connectivity index (χ2n) is 4.85. The summed E-state index contributed by atoms with van der Waals surface area (Å²) >= 11 is 0. The van der Waals surface area contributed by atoms with E-state index in [-0.39, 0.29) is 23.8 Å². The van der Waals surface area contributed by atoms with Crippen molar-refractivity contribution in [3.05, 3.63) is 48.4 Å². The molecule has 1 atom stereocenters. The monoisotopic (exact) mass is 307 g/mol. The number of rotatable bonds is 4. The van der Waals surface area contributed by atoms with Gasteiger partial charge in [-0.15, -0.1) is 0 Å². The maximum Gasteiger partial charge on any atom is 0.304 e. The van der Waals surface area contributed by atoms with E-state index in [1.54, 1.807) is 24.3 Å². The Morgan fingerprint density at radius 2 is 2.10 bits per heavy atom. The maximum atomic E-state index is 12.6. The maximum absolute atomic E-state index is 12.6. The fourth-order valence-corrected chi connectivity index (χ4v) is 4.06. The largest absolute Gasteiger partial charge is 0.481 e. The highest BCUT2D eigenvalue weighted by Crippen LogP contribution is 2.40. The second kappa shape index (κ2) is 4.92. The molecule has 110 valence electrons. The van der Waals surface area contributed by atoms with Gasteiger partial charge in [0.25, 0.3) is 10.0 Å². The Kier molecular flexibility index (Phi) is 3.21. The van der Waals surface area contributed by atoms with Crippen molar-refractivity contribution in [1.82, 2.24) is 0 Å². The molecule has 6 nitrogen and oxygen atoms in total. The van der Waals surface area contributed by atoms with E-state index in [1.807, 2.05) is 0 Å². The molecule has 1 aliphatic rings. The number of hydrogen-bond acceptors (Lipinski definition) is 4. The van der Waals surface area contributed by atoms with E-state index in [2.05, 4.69) is 0 Å². The van der Waals surface area contributed by atoms with Gasteiger partial charge in [-0.3, -0.25) is 9.10 Å². The molecule has 0 amide bonds. The molecule has 1 unspecified atom stereocenters. The Bertz CT molecular complexity index is 766. The van der Waals surface area contributed by atoms with Crippen molar-refractivity contribution in [3.8, 4) is 0 Å². The molecule has 0 bridgehead atoms. The number of carboxylic acids is 1. The third-order valence-corrected chi connectivity index (χ3v) is 5.29. The van der Waals surface area contributed by atoms with Crippen LogP contribution in [0.3, 0.4) is 0 Å². The molecule has 0 saturated carbocycles. The van der Waals surface area contributed by atoms with Crippen molar-refractivity contribution in [1.29, 1.82) is 0 Å². The highest BCUT2D eigenvalue weighted by Gasteiger charge is 2.37. The van der Waals surface area contributed by atoms with Crippen LogP contribution in [0.25, 0.3) is 0 Å². The average molecular weight is 307 g/mol. The summed E-state index contributed by atoms with van der Waals surface area (Å²) < 4.78 is 31.3. The van der Waals surface area contributed by atoms with E-state index in [0.29, 0.717) is 5.69 Å². The van der Waals surface area contributed by atoms with Gasteiger partial charge in [0, 0.05) is 12.5 Å². The highest BCUT2D eigenvalue weighted by atomic mass is 32.2. The number of benzene rings is 1. The van der Waals surface area contributed by atoms with Crippen LogP contribution in [0.1, 0.15) is 17.9 Å². The van der Waals surface area contributed by atoms with Crippen molar-refractivity contribution < 1.29 is 22.7 Å². The SMILES string of the molecule is O=C(O)CC1CN(S(=O)(=O)c2ccoc2)c2ccccc21. The Balaban J connectivity index is 2.04. The normalized spacial score (nSPS) is 17.7. The fourth-order valence-electron chi connectivity index (χ4n) is 2.60. The summed E-state index contributed by atoms with van der Waals surface area (Å²) in [4.78, 5) is 11.0. The first-order valence-electron chi connectivity index (χ1n) is 6.36. The van der Waals surface area contributed by atoms with Crippen LogP contribution in [-0.4, -0.2) is 26.0 Å². The minimum atomic E-state index is -3.73. The molecule has 1 aromatic heterocycles. The van der Waals surface area contributed by atoms with Gasteiger partial charge in [0.15, 0.2) is 0 Å². The van der Waals surface area contributed by atoms with Crippen molar-refractivity contribution >= 4 is 21.7 Å². The van der Waals surface area contributed by atoms with Crippen LogP contribution in [0.5, 0.6) is 0 Å². The third kappa shape index (κ3) is 2.29. The molecule has 0 saturated heterocycles. The lowest BCUT2D eigenvalue weighted by Gasteiger charge is -2.18. The molecule has 0 fully saturated rings. The summed E-state index contributed by atoms with van der Waals surface area (Å²) in [6.07, 6.45) is 2.36. The minimum Gasteiger partial charge on any atom is -0.481 e. The summed E-state index contributed by atoms with van der Waals surface area (Å²) in [6.45, 7) is 0.124. The van der Waals surface area contributed by atoms with Crippen molar-refractivity contribution in [2.75, 3.05) is 10.8 Å². The molecular formula is C14H13NO5S. The molecule has 1 aromatic carbocycles. The molecule has 3 rings (SSSR count). The predicted octanol–water partition coefficient (Wildman–Crippen LogP) is 2.05. The van der Waals surface area contributed by atoms with E-state index >= 15 is 0 Å². The van der Waals surface area contributed by atoms with Crippen LogP contribution in [0.15, 0.2) is 52.2 Å². The number of fused-ring (bicyclic) bond motifs is 1. The summed E-state index contributed by atoms with van der Waals surface area (Å²) in [6, 6.07) is 8.35. The number of sulfonamides is 1. The van der Waals surface area contributed by atoms with Gasteiger partial charge in [-0.1, -0.05) is 18.2 Å². The first kappa shape index (κ1) is 13.7. The number of aliphatic carboxylic acids is 1. The van der Waals surface area contributed by atoms with E-state index < -0.39 is 16.0 Å². The molecule has 0 spiro atoms. The second-order valence-corrected chi connectivity index (χ2v) is 6.71. The zero-order valence-corrected chi connectivity index (χ0v) is 11.8. The predicted molar refractivity (Wildman–Crippen MR) is 74.7 cm³/mol. The highest BCUT2D eigenvalue weighted by molar-refractivity contribution is 7.92. The van der Waals surface area contributed by atoms with Gasteiger partial charge < -0.3 is 9.52 Å². The Morgan fingerprint density at radius 3 is 2.76 bits per heavy atom. The molecule has 7 heteroatoms. The Labute approximate surface area is 121 Å². The molecule has 1 aliphatic heterocycles. The van der Waals surface area contributed by atoms with E-state index in [0.717, 1.165) is 5.56 Å². The number of carbonyl (C=O) groups is 1. The first-order valence-corrected chi connectivity index (χ1v) is 7.80. The number of anilines is 1. The zero-order chi connectivity index (χ0) is 15.0. The molecule has 2 heterocycles. The van der Waals surface area contributed by atoms with Gasteiger partial charge in [-0.2, -0.15) is 0 Å². The molecule has 1 N–H and O–H groups in total. The lowest BCUT2D eigenvalue weighted by molar-refractivity contribution is -0.137. The van der Waals surface area contributed by atoms with Crippen molar-refractivity contribution in [2.24, 2.45) is 0 Å². The Morgan fingerprint density at radius 1 is 1.33 bits per heavy atom. The van der Waals surface area contributed by atoms with Crippen LogP contribution < -0.4 is 4.31 Å². The molecule has 0 aliphatic carbocycles. The van der Waals surface area contributed by atoms with Crippen LogP contribution in [-0.2, 0) is 14.8 Å². The quantitative estimate of drug-likeness (QED) is 0.934. The molecule has 2 aromatic rings. The first-order chi connectivity index (χ1) is 10.00. The number of hydrogen-bond donors (Lipinski definition) is 1. The molecular weight excluding hydrogens is 294 g/mol. The van der Waals surface area contributed by atoms with Crippen LogP contribution in [0.4, 0.5) is 5.69 Å². The van der Waals surface area contributed by atoms with Crippen LogP contribution in [0.2, 0.25) is 0 Å². The fraction of sp³-hybridized carbons (Fsp3) is 0.214. The molecule has 21 heavy (non-hydrogen) atoms. The Hall–Kier alpha value is -2.28. The van der Waals surface area contributed by atoms with Crippen LogP contribution in [0, 0.1) is 0 Å². The lowest BCUT2D eigenvalue weighted by Crippen LogP contribution is -2.30. The van der Waals surface area contributed by atoms with E-state index in [1.165, 1.54) is 22.9 Å². The number of carboxylic acid groups (broad SMARTS) is 1. The van der Waals surface area contributed by atoms with E-state index in [4.69, 9.17) is 9.52 Å². The van der Waals surface area contributed by atoms with Gasteiger partial charge >= 0.3 is 5.97 Å². The van der Waals surface area contributed by atoms with Gasteiger partial charge in [0.2, 0.25) is 0 Å². The van der Waals surface area contributed by atoms with Crippen LogP contribution >= 0.6 is 0 Å². The lowest BCUT2D eigenvalue weighted by atomic mass is 9.98. The molecule has 0 radical (unpaired) electrons. The number of furan rings is 1. The van der Waals surface area contributed by atoms with Gasteiger partial charge in [-0.25, -0.2) is 8.42 Å². The van der Waals surface area contributed by atoms with Crippen molar-refractivity contribution in [3.63, 3.8) is 0 Å². The number of nitrogens with zero attached hydrogens (tertiary/aromatic N) is 1. The summed E-state index contributed by atoms with van der Waals surface area (Å²) in [5, 5.41) is 8.99. The van der Waals surface area contributed by atoms with Gasteiger partial charge in [-0.05, 0) is 17.7 Å². The standard InChI is InChI=1S/C14H13NO5S/c16-14(17)7-10-8-15(13-4-2-1-3-12(10)13)21(18,19)11-5-6-20-9-11/h1-6,9-10H,7-8H2,(H,16,17). The topological polar surface area (TPSA) is 87.8 Å². The number of para-hydroxylation sites is 1. The van der Waals surface area contributed by atoms with E-state index in [9.17, 15) is 13.2 Å². The van der Waals surface area contributed by atoms with Gasteiger partial charge in [0.05, 0.1) is 18.4 Å². The third-order valence-electron chi connectivity index (χ3n) is 3.54. The van der Waals surface area contributed by atoms with Crippen molar-refractivity contribution in [2.45, 2.75) is 17.2 Å². The smallest absolute Gasteiger partial charge is 0.304 e. The summed E-state index contributed by atoms with van der Waals surface area (Å²) in [5.74, 6) is -1.29. The summed E-state index contributed by atoms with van der Waals surface area (Å²) in [5.41, 5.74) is 1.27.